The van der Waals surface area contributed by atoms with Gasteiger partial charge in [0.25, 0.3) is 0 Å². The van der Waals surface area contributed by atoms with Crippen molar-refractivity contribution >= 4 is 11.4 Å². The van der Waals surface area contributed by atoms with Gasteiger partial charge in [-0.05, 0) is 23.8 Å². The second kappa shape index (κ2) is 4.69. The molecule has 0 spiro atoms. The summed E-state index contributed by atoms with van der Waals surface area (Å²) in [6.45, 7) is 1.85. The smallest absolute Gasteiger partial charge is 0.0364 e. The zero-order valence-corrected chi connectivity index (χ0v) is 7.59. The van der Waals surface area contributed by atoms with Gasteiger partial charge in [-0.3, -0.25) is 0 Å². The van der Waals surface area contributed by atoms with Gasteiger partial charge in [0, 0.05) is 31.0 Å². The first-order chi connectivity index (χ1) is 6.26. The highest BCUT2D eigenvalue weighted by molar-refractivity contribution is 5.56. The summed E-state index contributed by atoms with van der Waals surface area (Å²) >= 11 is 0. The highest BCUT2D eigenvalue weighted by Gasteiger charge is 1.96. The lowest BCUT2D eigenvalue weighted by Gasteiger charge is -2.07. The maximum absolute atomic E-state index is 5.68. The summed E-state index contributed by atoms with van der Waals surface area (Å²) in [7, 11) is 0. The Morgan fingerprint density at radius 2 is 1.92 bits per heavy atom. The lowest BCUT2D eigenvalue weighted by molar-refractivity contribution is 1.02. The van der Waals surface area contributed by atoms with Crippen molar-refractivity contribution in [3.05, 3.63) is 23.8 Å². The molecular weight excluding hydrogens is 164 g/mol. The molecule has 7 N–H and O–H groups in total. The second-order valence-corrected chi connectivity index (χ2v) is 2.88. The third kappa shape index (κ3) is 2.93. The van der Waals surface area contributed by atoms with Gasteiger partial charge in [0.1, 0.15) is 0 Å². The molecule has 0 saturated heterocycles. The van der Waals surface area contributed by atoms with Crippen molar-refractivity contribution in [3.63, 3.8) is 0 Å². The van der Waals surface area contributed by atoms with Crippen LogP contribution in [0.25, 0.3) is 0 Å². The molecule has 13 heavy (non-hydrogen) atoms. The van der Waals surface area contributed by atoms with E-state index in [1.54, 1.807) is 0 Å². The molecule has 0 saturated carbocycles. The maximum Gasteiger partial charge on any atom is 0.0364 e. The molecule has 0 aliphatic heterocycles. The summed E-state index contributed by atoms with van der Waals surface area (Å²) in [5.41, 5.74) is 19.3. The number of nitrogens with two attached hydrogens (primary N) is 3. The fraction of sp³-hybridized carbons (Fsp3) is 0.333. The van der Waals surface area contributed by atoms with Crippen LogP contribution >= 0.6 is 0 Å². The molecule has 1 aromatic carbocycles. The number of hydrogen-bond acceptors (Lipinski definition) is 4. The minimum Gasteiger partial charge on any atom is -0.399 e. The Bertz CT molecular complexity index is 272. The van der Waals surface area contributed by atoms with E-state index in [1.807, 2.05) is 18.2 Å². The van der Waals surface area contributed by atoms with Crippen molar-refractivity contribution in [2.24, 2.45) is 11.5 Å². The number of rotatable bonds is 4. The normalized spacial score (nSPS) is 10.0. The molecule has 0 aromatic heterocycles. The van der Waals surface area contributed by atoms with Crippen molar-refractivity contribution in [1.82, 2.24) is 0 Å². The third-order valence-electron chi connectivity index (χ3n) is 1.72. The highest BCUT2D eigenvalue weighted by Crippen LogP contribution is 2.15. The summed E-state index contributed by atoms with van der Waals surface area (Å²) in [6.07, 6.45) is 0. The van der Waals surface area contributed by atoms with E-state index in [1.165, 1.54) is 0 Å². The van der Waals surface area contributed by atoms with Crippen molar-refractivity contribution in [1.29, 1.82) is 0 Å². The Labute approximate surface area is 78.1 Å². The zero-order valence-electron chi connectivity index (χ0n) is 7.59. The van der Waals surface area contributed by atoms with Crippen LogP contribution in [0.3, 0.4) is 0 Å². The average Bonchev–Trinajstić information content (AvgIpc) is 2.14. The summed E-state index contributed by atoms with van der Waals surface area (Å²) in [5, 5.41) is 3.15. The predicted molar refractivity (Wildman–Crippen MR) is 56.3 cm³/mol. The van der Waals surface area contributed by atoms with E-state index in [4.69, 9.17) is 17.2 Å². The molecule has 0 aliphatic carbocycles. The summed E-state index contributed by atoms with van der Waals surface area (Å²) in [4.78, 5) is 0. The number of nitrogen functional groups attached to an aromatic ring is 1. The molecule has 0 unspecified atom stereocenters. The van der Waals surface area contributed by atoms with E-state index in [-0.39, 0.29) is 0 Å². The summed E-state index contributed by atoms with van der Waals surface area (Å²) in [6, 6.07) is 5.72. The topological polar surface area (TPSA) is 90.1 Å². The molecule has 0 bridgehead atoms. The highest BCUT2D eigenvalue weighted by atomic mass is 14.9. The maximum atomic E-state index is 5.68. The van der Waals surface area contributed by atoms with Gasteiger partial charge in [-0.2, -0.15) is 0 Å². The first-order valence-corrected chi connectivity index (χ1v) is 4.29. The van der Waals surface area contributed by atoms with E-state index in [0.29, 0.717) is 13.1 Å². The van der Waals surface area contributed by atoms with E-state index < -0.39 is 0 Å². The van der Waals surface area contributed by atoms with Gasteiger partial charge < -0.3 is 22.5 Å². The Morgan fingerprint density at radius 3 is 2.54 bits per heavy atom. The van der Waals surface area contributed by atoms with E-state index in [9.17, 15) is 0 Å². The van der Waals surface area contributed by atoms with Crippen molar-refractivity contribution < 1.29 is 0 Å². The number of nitrogens with one attached hydrogen (secondary N) is 1. The Hall–Kier alpha value is -1.26. The van der Waals surface area contributed by atoms with Crippen LogP contribution < -0.4 is 22.5 Å². The summed E-state index contributed by atoms with van der Waals surface area (Å²) < 4.78 is 0. The molecule has 72 valence electrons. The first-order valence-electron chi connectivity index (χ1n) is 4.29. The van der Waals surface area contributed by atoms with Gasteiger partial charge in [0.15, 0.2) is 0 Å². The molecule has 1 rings (SSSR count). The standard InChI is InChI=1S/C9H16N4/c10-1-2-13-9-4-7(6-11)3-8(12)5-9/h3-5,13H,1-2,6,10-12H2. The molecular formula is C9H16N4. The lowest BCUT2D eigenvalue weighted by atomic mass is 10.2. The number of hydrogen-bond donors (Lipinski definition) is 4. The fourth-order valence-electron chi connectivity index (χ4n) is 1.15. The fourth-order valence-corrected chi connectivity index (χ4v) is 1.15. The monoisotopic (exact) mass is 180 g/mol. The zero-order chi connectivity index (χ0) is 9.68. The second-order valence-electron chi connectivity index (χ2n) is 2.88. The Kier molecular flexibility index (Phi) is 3.54. The minimum atomic E-state index is 0.502. The average molecular weight is 180 g/mol. The van der Waals surface area contributed by atoms with Gasteiger partial charge in [-0.1, -0.05) is 0 Å². The van der Waals surface area contributed by atoms with E-state index in [0.717, 1.165) is 23.5 Å². The molecule has 0 fully saturated rings. The minimum absolute atomic E-state index is 0.502. The lowest BCUT2D eigenvalue weighted by Crippen LogP contribution is -2.13. The molecule has 0 amide bonds. The van der Waals surface area contributed by atoms with Crippen LogP contribution in [0.5, 0.6) is 0 Å². The van der Waals surface area contributed by atoms with Crippen molar-refractivity contribution in [2.75, 3.05) is 24.1 Å². The van der Waals surface area contributed by atoms with E-state index in [2.05, 4.69) is 5.32 Å². The Morgan fingerprint density at radius 1 is 1.15 bits per heavy atom. The summed E-state index contributed by atoms with van der Waals surface area (Å²) in [5.74, 6) is 0. The van der Waals surface area contributed by atoms with Crippen LogP contribution in [-0.4, -0.2) is 13.1 Å². The third-order valence-corrected chi connectivity index (χ3v) is 1.72. The van der Waals surface area contributed by atoms with Crippen LogP contribution in [0.2, 0.25) is 0 Å². The molecule has 4 nitrogen and oxygen atoms in total. The van der Waals surface area contributed by atoms with Crippen LogP contribution in [0.4, 0.5) is 11.4 Å². The van der Waals surface area contributed by atoms with Gasteiger partial charge in [0.05, 0.1) is 0 Å². The SMILES string of the molecule is NCCNc1cc(N)cc(CN)c1. The first kappa shape index (κ1) is 9.83. The largest absolute Gasteiger partial charge is 0.399 e. The van der Waals surface area contributed by atoms with Crippen LogP contribution in [-0.2, 0) is 6.54 Å². The van der Waals surface area contributed by atoms with Gasteiger partial charge in [0.2, 0.25) is 0 Å². The molecule has 0 radical (unpaired) electrons. The predicted octanol–water partition coefficient (Wildman–Crippen LogP) is 0.0981. The number of benzene rings is 1. The molecule has 0 atom stereocenters. The molecule has 1 aromatic rings. The van der Waals surface area contributed by atoms with Crippen LogP contribution in [0.1, 0.15) is 5.56 Å². The quantitative estimate of drug-likeness (QED) is 0.495. The van der Waals surface area contributed by atoms with Gasteiger partial charge in [-0.15, -0.1) is 0 Å². The van der Waals surface area contributed by atoms with Crippen molar-refractivity contribution in [3.8, 4) is 0 Å². The molecule has 0 heterocycles. The molecule has 4 heteroatoms. The van der Waals surface area contributed by atoms with Gasteiger partial charge in [-0.25, -0.2) is 0 Å². The molecule has 0 aliphatic rings. The van der Waals surface area contributed by atoms with Crippen LogP contribution in [0.15, 0.2) is 18.2 Å². The number of anilines is 2. The van der Waals surface area contributed by atoms with Crippen molar-refractivity contribution in [2.45, 2.75) is 6.54 Å². The van der Waals surface area contributed by atoms with Gasteiger partial charge >= 0.3 is 0 Å². The van der Waals surface area contributed by atoms with Crippen LogP contribution in [0, 0.1) is 0 Å². The Balaban J connectivity index is 2.76. The van der Waals surface area contributed by atoms with E-state index >= 15 is 0 Å².